The van der Waals surface area contributed by atoms with Gasteiger partial charge < -0.3 is 23.4 Å². The van der Waals surface area contributed by atoms with Crippen LogP contribution in [0.2, 0.25) is 0 Å². The Morgan fingerprint density at radius 2 is 1.70 bits per heavy atom. The highest BCUT2D eigenvalue weighted by Crippen LogP contribution is 2.33. The minimum atomic E-state index is -0.769. The van der Waals surface area contributed by atoms with Crippen LogP contribution in [0.5, 0.6) is 17.2 Å². The number of benzene rings is 2. The molecule has 8 heteroatoms. The molecule has 2 aromatic carbocycles. The first kappa shape index (κ1) is 21.1. The topological polar surface area (TPSA) is 101 Å². The Kier molecular flexibility index (Phi) is 6.17. The van der Waals surface area contributed by atoms with Crippen LogP contribution in [0.15, 0.2) is 51.9 Å². The normalized spacial score (nSPS) is 11.7. The minimum absolute atomic E-state index is 0.112. The fourth-order valence-corrected chi connectivity index (χ4v) is 2.73. The van der Waals surface area contributed by atoms with Crippen LogP contribution >= 0.6 is 0 Å². The summed E-state index contributed by atoms with van der Waals surface area (Å²) in [7, 11) is 2.79. The van der Waals surface area contributed by atoms with E-state index in [0.717, 1.165) is 0 Å². The number of rotatable bonds is 6. The maximum Gasteiger partial charge on any atom is 0.340 e. The molecule has 0 aliphatic carbocycles. The number of fused-ring (bicyclic) bond motifs is 1. The number of esters is 2. The van der Waals surface area contributed by atoms with E-state index >= 15 is 0 Å². The van der Waals surface area contributed by atoms with Gasteiger partial charge in [-0.3, -0.25) is 9.59 Å². The van der Waals surface area contributed by atoms with Gasteiger partial charge in [0, 0.05) is 20.1 Å². The Balaban J connectivity index is 2.01. The summed E-state index contributed by atoms with van der Waals surface area (Å²) in [4.78, 5) is 36.1. The summed E-state index contributed by atoms with van der Waals surface area (Å²) in [6.45, 7) is 2.86. The van der Waals surface area contributed by atoms with Crippen LogP contribution in [0.3, 0.4) is 0 Å². The third-order valence-electron chi connectivity index (χ3n) is 4.38. The van der Waals surface area contributed by atoms with Crippen molar-refractivity contribution >= 4 is 22.9 Å². The van der Waals surface area contributed by atoms with Crippen molar-refractivity contribution < 1.29 is 33.0 Å². The van der Waals surface area contributed by atoms with Crippen molar-refractivity contribution in [2.75, 3.05) is 14.2 Å². The Hall–Kier alpha value is -3.65. The number of carbonyl (C=O) groups excluding carboxylic acids is 2. The summed E-state index contributed by atoms with van der Waals surface area (Å²) in [5, 5.41) is 0.257. The molecule has 0 amide bonds. The molecule has 0 saturated heterocycles. The smallest absolute Gasteiger partial charge is 0.340 e. The first-order chi connectivity index (χ1) is 14.3. The molecule has 0 N–H and O–H groups in total. The number of carbonyl (C=O) groups is 2. The third-order valence-corrected chi connectivity index (χ3v) is 4.38. The second-order valence-electron chi connectivity index (χ2n) is 6.39. The molecule has 0 aliphatic heterocycles. The van der Waals surface area contributed by atoms with Crippen LogP contribution in [0.4, 0.5) is 0 Å². The largest absolute Gasteiger partial charge is 0.493 e. The molecule has 156 valence electrons. The molecular formula is C22H20O8. The summed E-state index contributed by atoms with van der Waals surface area (Å²) >= 11 is 0. The summed E-state index contributed by atoms with van der Waals surface area (Å²) in [5.41, 5.74) is 0.841. The molecule has 1 unspecified atom stereocenters. The van der Waals surface area contributed by atoms with E-state index in [-0.39, 0.29) is 27.9 Å². The molecule has 0 fully saturated rings. The SMILES string of the molecule is COc1cc2c(=O)c(-c3ccc(OC(C)=O)cc3)coc2cc1OC(=O)C(C)OC. The molecule has 0 bridgehead atoms. The predicted octanol–water partition coefficient (Wildman–Crippen LogP) is 3.33. The van der Waals surface area contributed by atoms with Gasteiger partial charge in [0.1, 0.15) is 17.6 Å². The van der Waals surface area contributed by atoms with Crippen molar-refractivity contribution in [2.24, 2.45) is 0 Å². The van der Waals surface area contributed by atoms with Gasteiger partial charge >= 0.3 is 11.9 Å². The van der Waals surface area contributed by atoms with Gasteiger partial charge in [0.25, 0.3) is 0 Å². The zero-order valence-corrected chi connectivity index (χ0v) is 16.9. The predicted molar refractivity (Wildman–Crippen MR) is 108 cm³/mol. The van der Waals surface area contributed by atoms with E-state index in [4.69, 9.17) is 23.4 Å². The van der Waals surface area contributed by atoms with Crippen LogP contribution < -0.4 is 19.6 Å². The minimum Gasteiger partial charge on any atom is -0.493 e. The maximum absolute atomic E-state index is 13.0. The lowest BCUT2D eigenvalue weighted by Gasteiger charge is -2.13. The molecule has 3 aromatic rings. The zero-order valence-electron chi connectivity index (χ0n) is 16.9. The lowest BCUT2D eigenvalue weighted by atomic mass is 10.1. The lowest BCUT2D eigenvalue weighted by molar-refractivity contribution is -0.144. The van der Waals surface area contributed by atoms with Gasteiger partial charge in [0.15, 0.2) is 17.6 Å². The Bertz CT molecular complexity index is 1140. The van der Waals surface area contributed by atoms with Crippen LogP contribution in [-0.4, -0.2) is 32.3 Å². The van der Waals surface area contributed by atoms with E-state index in [2.05, 4.69) is 0 Å². The molecular weight excluding hydrogens is 392 g/mol. The Morgan fingerprint density at radius 1 is 1.00 bits per heavy atom. The molecule has 8 nitrogen and oxygen atoms in total. The second kappa shape index (κ2) is 8.79. The number of hydrogen-bond acceptors (Lipinski definition) is 8. The van der Waals surface area contributed by atoms with Crippen LogP contribution in [-0.2, 0) is 14.3 Å². The monoisotopic (exact) mass is 412 g/mol. The Labute approximate surface area is 171 Å². The zero-order chi connectivity index (χ0) is 21.8. The Morgan fingerprint density at radius 3 is 2.30 bits per heavy atom. The van der Waals surface area contributed by atoms with Crippen LogP contribution in [0.25, 0.3) is 22.1 Å². The molecule has 1 atom stereocenters. The number of methoxy groups -OCH3 is 2. The molecule has 1 heterocycles. The first-order valence-electron chi connectivity index (χ1n) is 9.01. The average Bonchev–Trinajstić information content (AvgIpc) is 2.73. The van der Waals surface area contributed by atoms with Crippen molar-refractivity contribution in [3.8, 4) is 28.4 Å². The fraction of sp³-hybridized carbons (Fsp3) is 0.227. The summed E-state index contributed by atoms with van der Waals surface area (Å²) in [6, 6.07) is 9.34. The molecule has 3 rings (SSSR count). The maximum atomic E-state index is 13.0. The van der Waals surface area contributed by atoms with Gasteiger partial charge in [0.2, 0.25) is 5.43 Å². The van der Waals surface area contributed by atoms with E-state index in [1.54, 1.807) is 31.2 Å². The van der Waals surface area contributed by atoms with E-state index < -0.39 is 18.0 Å². The van der Waals surface area contributed by atoms with Gasteiger partial charge in [-0.1, -0.05) is 12.1 Å². The lowest BCUT2D eigenvalue weighted by Crippen LogP contribution is -2.24. The average molecular weight is 412 g/mol. The quantitative estimate of drug-likeness (QED) is 0.449. The van der Waals surface area contributed by atoms with Gasteiger partial charge in [0.05, 0.1) is 18.1 Å². The van der Waals surface area contributed by atoms with Gasteiger partial charge in [-0.15, -0.1) is 0 Å². The van der Waals surface area contributed by atoms with Gasteiger partial charge in [-0.2, -0.15) is 0 Å². The van der Waals surface area contributed by atoms with E-state index in [9.17, 15) is 14.4 Å². The van der Waals surface area contributed by atoms with Gasteiger partial charge in [-0.05, 0) is 30.7 Å². The number of hydrogen-bond donors (Lipinski definition) is 0. The number of ether oxygens (including phenoxy) is 4. The first-order valence-corrected chi connectivity index (χ1v) is 9.01. The summed E-state index contributed by atoms with van der Waals surface area (Å²) in [6.07, 6.45) is 0.552. The second-order valence-corrected chi connectivity index (χ2v) is 6.39. The van der Waals surface area contributed by atoms with Crippen molar-refractivity contribution in [3.05, 3.63) is 52.9 Å². The molecule has 0 spiro atoms. The highest BCUT2D eigenvalue weighted by Gasteiger charge is 2.19. The molecule has 0 radical (unpaired) electrons. The molecule has 0 saturated carbocycles. The molecule has 30 heavy (non-hydrogen) atoms. The van der Waals surface area contributed by atoms with E-state index in [1.165, 1.54) is 39.5 Å². The van der Waals surface area contributed by atoms with Gasteiger partial charge in [-0.25, -0.2) is 4.79 Å². The molecule has 0 aliphatic rings. The van der Waals surface area contributed by atoms with E-state index in [0.29, 0.717) is 16.9 Å². The highest BCUT2D eigenvalue weighted by atomic mass is 16.6. The van der Waals surface area contributed by atoms with Crippen LogP contribution in [0, 0.1) is 0 Å². The van der Waals surface area contributed by atoms with Crippen molar-refractivity contribution in [2.45, 2.75) is 20.0 Å². The standard InChI is InChI=1S/C22H20O8/c1-12(26-3)22(25)30-20-10-18-16(9-19(20)27-4)21(24)17(11-28-18)14-5-7-15(8-6-14)29-13(2)23/h5-12H,1-4H3. The highest BCUT2D eigenvalue weighted by molar-refractivity contribution is 5.86. The van der Waals surface area contributed by atoms with Crippen molar-refractivity contribution in [3.63, 3.8) is 0 Å². The van der Waals surface area contributed by atoms with E-state index in [1.807, 2.05) is 0 Å². The molecule has 1 aromatic heterocycles. The summed E-state index contributed by atoms with van der Waals surface area (Å²) in [5.74, 6) is -0.359. The fourth-order valence-electron chi connectivity index (χ4n) is 2.73. The third kappa shape index (κ3) is 4.33. The van der Waals surface area contributed by atoms with Crippen molar-refractivity contribution in [1.82, 2.24) is 0 Å². The van der Waals surface area contributed by atoms with Crippen molar-refractivity contribution in [1.29, 1.82) is 0 Å². The van der Waals surface area contributed by atoms with Crippen LogP contribution in [0.1, 0.15) is 13.8 Å². The summed E-state index contributed by atoms with van der Waals surface area (Å²) < 4.78 is 26.1.